The molecule has 0 radical (unpaired) electrons. The number of amides is 1. The van der Waals surface area contributed by atoms with E-state index < -0.39 is 10.0 Å². The Morgan fingerprint density at radius 2 is 1.53 bits per heavy atom. The molecule has 2 aliphatic rings. The van der Waals surface area contributed by atoms with E-state index in [1.807, 2.05) is 6.07 Å². The van der Waals surface area contributed by atoms with Gasteiger partial charge in [-0.3, -0.25) is 9.69 Å². The molecule has 0 spiro atoms. The van der Waals surface area contributed by atoms with Crippen molar-refractivity contribution in [2.45, 2.75) is 36.7 Å². The zero-order valence-electron chi connectivity index (χ0n) is 17.1. The Kier molecular flexibility index (Phi) is 6.51. The molecule has 6 nitrogen and oxygen atoms in total. The largest absolute Gasteiger partial charge is 0.352 e. The first kappa shape index (κ1) is 21.0. The van der Waals surface area contributed by atoms with Crippen LogP contribution in [0, 0.1) is 5.92 Å². The van der Waals surface area contributed by atoms with Crippen molar-refractivity contribution in [2.75, 3.05) is 26.2 Å². The summed E-state index contributed by atoms with van der Waals surface area (Å²) in [6.07, 6.45) is 2.09. The summed E-state index contributed by atoms with van der Waals surface area (Å²) in [5.74, 6) is -0.0475. The lowest BCUT2D eigenvalue weighted by Gasteiger charge is -2.31. The van der Waals surface area contributed by atoms with E-state index >= 15 is 0 Å². The molecule has 2 saturated heterocycles. The van der Waals surface area contributed by atoms with Crippen molar-refractivity contribution in [1.82, 2.24) is 14.5 Å². The van der Waals surface area contributed by atoms with Gasteiger partial charge in [0.05, 0.1) is 4.90 Å². The van der Waals surface area contributed by atoms with Crippen LogP contribution in [0.25, 0.3) is 0 Å². The number of nitrogens with zero attached hydrogens (tertiary/aromatic N) is 2. The van der Waals surface area contributed by atoms with Gasteiger partial charge in [-0.15, -0.1) is 0 Å². The Balaban J connectivity index is 1.25. The third kappa shape index (κ3) is 4.91. The van der Waals surface area contributed by atoms with E-state index in [1.165, 1.54) is 9.87 Å². The van der Waals surface area contributed by atoms with Crippen LogP contribution in [-0.4, -0.2) is 55.8 Å². The van der Waals surface area contributed by atoms with Gasteiger partial charge < -0.3 is 5.32 Å². The smallest absolute Gasteiger partial charge is 0.243 e. The molecule has 1 atom stereocenters. The normalized spacial score (nSPS) is 21.5. The molecular formula is C23H29N3O3S. The first-order chi connectivity index (χ1) is 14.5. The molecule has 1 N–H and O–H groups in total. The Morgan fingerprint density at radius 3 is 2.20 bits per heavy atom. The third-order valence-corrected chi connectivity index (χ3v) is 7.99. The SMILES string of the molecule is O=C(NC1CCN(Cc2ccccc2)C1)C1CCN(S(=O)(=O)c2ccccc2)CC1. The van der Waals surface area contributed by atoms with Gasteiger partial charge in [0, 0.05) is 44.7 Å². The third-order valence-electron chi connectivity index (χ3n) is 6.07. The van der Waals surface area contributed by atoms with Crippen LogP contribution in [0.1, 0.15) is 24.8 Å². The summed E-state index contributed by atoms with van der Waals surface area (Å²) in [5, 5.41) is 3.20. The minimum absolute atomic E-state index is 0.0679. The van der Waals surface area contributed by atoms with E-state index in [-0.39, 0.29) is 17.9 Å². The molecule has 2 aromatic rings. The van der Waals surface area contributed by atoms with Crippen LogP contribution in [0.4, 0.5) is 0 Å². The minimum Gasteiger partial charge on any atom is -0.352 e. The molecular weight excluding hydrogens is 398 g/mol. The van der Waals surface area contributed by atoms with Gasteiger partial charge in [0.1, 0.15) is 0 Å². The molecule has 30 heavy (non-hydrogen) atoms. The van der Waals surface area contributed by atoms with Crippen LogP contribution < -0.4 is 5.32 Å². The quantitative estimate of drug-likeness (QED) is 0.769. The van der Waals surface area contributed by atoms with Crippen LogP contribution in [0.2, 0.25) is 0 Å². The molecule has 160 valence electrons. The van der Waals surface area contributed by atoms with Gasteiger partial charge in [0.25, 0.3) is 0 Å². The van der Waals surface area contributed by atoms with Gasteiger partial charge in [-0.1, -0.05) is 48.5 Å². The molecule has 2 aliphatic heterocycles. The van der Waals surface area contributed by atoms with Gasteiger partial charge in [-0.2, -0.15) is 4.31 Å². The number of piperidine rings is 1. The molecule has 7 heteroatoms. The summed E-state index contributed by atoms with van der Waals surface area (Å²) in [6.45, 7) is 3.53. The molecule has 4 rings (SSSR count). The fourth-order valence-corrected chi connectivity index (χ4v) is 5.85. The van der Waals surface area contributed by atoms with Gasteiger partial charge in [-0.05, 0) is 37.0 Å². The first-order valence-corrected chi connectivity index (χ1v) is 12.1. The highest BCUT2D eigenvalue weighted by Crippen LogP contribution is 2.24. The predicted molar refractivity (Wildman–Crippen MR) is 116 cm³/mol. The number of benzene rings is 2. The second-order valence-corrected chi connectivity index (χ2v) is 10.1. The topological polar surface area (TPSA) is 69.7 Å². The van der Waals surface area contributed by atoms with Crippen molar-refractivity contribution in [3.63, 3.8) is 0 Å². The van der Waals surface area contributed by atoms with Crippen molar-refractivity contribution < 1.29 is 13.2 Å². The summed E-state index contributed by atoms with van der Waals surface area (Å²) in [7, 11) is -3.48. The molecule has 1 unspecified atom stereocenters. The number of sulfonamides is 1. The highest BCUT2D eigenvalue weighted by molar-refractivity contribution is 7.89. The van der Waals surface area contributed by atoms with E-state index in [4.69, 9.17) is 0 Å². The van der Waals surface area contributed by atoms with Crippen LogP contribution in [0.15, 0.2) is 65.6 Å². The Labute approximate surface area is 178 Å². The Hall–Kier alpha value is -2.22. The van der Waals surface area contributed by atoms with Crippen molar-refractivity contribution in [1.29, 1.82) is 0 Å². The number of nitrogens with one attached hydrogen (secondary N) is 1. The maximum absolute atomic E-state index is 12.7. The highest BCUT2D eigenvalue weighted by Gasteiger charge is 2.33. The molecule has 0 bridgehead atoms. The molecule has 0 saturated carbocycles. The van der Waals surface area contributed by atoms with Crippen LogP contribution in [0.3, 0.4) is 0 Å². The van der Waals surface area contributed by atoms with E-state index in [9.17, 15) is 13.2 Å². The second-order valence-electron chi connectivity index (χ2n) is 8.21. The lowest BCUT2D eigenvalue weighted by Crippen LogP contribution is -2.45. The van der Waals surface area contributed by atoms with E-state index in [0.29, 0.717) is 30.8 Å². The van der Waals surface area contributed by atoms with Crippen molar-refractivity contribution >= 4 is 15.9 Å². The number of hydrogen-bond acceptors (Lipinski definition) is 4. The highest BCUT2D eigenvalue weighted by atomic mass is 32.2. The minimum atomic E-state index is -3.48. The molecule has 1 amide bonds. The van der Waals surface area contributed by atoms with Gasteiger partial charge in [-0.25, -0.2) is 8.42 Å². The van der Waals surface area contributed by atoms with E-state index in [2.05, 4.69) is 34.5 Å². The van der Waals surface area contributed by atoms with E-state index in [0.717, 1.165) is 26.1 Å². The molecule has 2 aromatic carbocycles. The predicted octanol–water partition coefficient (Wildman–Crippen LogP) is 2.48. The van der Waals surface area contributed by atoms with Gasteiger partial charge in [0.15, 0.2) is 0 Å². The Bertz CT molecular complexity index is 942. The maximum atomic E-state index is 12.7. The van der Waals surface area contributed by atoms with Gasteiger partial charge in [0.2, 0.25) is 15.9 Å². The van der Waals surface area contributed by atoms with Crippen molar-refractivity contribution in [3.8, 4) is 0 Å². The molecule has 2 heterocycles. The number of likely N-dealkylation sites (tertiary alicyclic amines) is 1. The molecule has 0 aromatic heterocycles. The fraction of sp³-hybridized carbons (Fsp3) is 0.435. The number of carbonyl (C=O) groups is 1. The lowest BCUT2D eigenvalue weighted by molar-refractivity contribution is -0.126. The van der Waals surface area contributed by atoms with Crippen molar-refractivity contribution in [2.24, 2.45) is 5.92 Å². The monoisotopic (exact) mass is 427 g/mol. The summed E-state index contributed by atoms with van der Waals surface area (Å²) in [4.78, 5) is 15.4. The zero-order chi connectivity index (χ0) is 21.0. The zero-order valence-corrected chi connectivity index (χ0v) is 17.9. The average Bonchev–Trinajstić information content (AvgIpc) is 3.21. The number of hydrogen-bond donors (Lipinski definition) is 1. The summed E-state index contributed by atoms with van der Waals surface area (Å²) in [6, 6.07) is 19.1. The van der Waals surface area contributed by atoms with Crippen LogP contribution >= 0.6 is 0 Å². The van der Waals surface area contributed by atoms with Gasteiger partial charge >= 0.3 is 0 Å². The summed E-state index contributed by atoms with van der Waals surface area (Å²) < 4.78 is 27.0. The molecule has 0 aliphatic carbocycles. The Morgan fingerprint density at radius 1 is 0.900 bits per heavy atom. The molecule has 2 fully saturated rings. The average molecular weight is 428 g/mol. The summed E-state index contributed by atoms with van der Waals surface area (Å²) >= 11 is 0. The van der Waals surface area contributed by atoms with Crippen LogP contribution in [-0.2, 0) is 21.4 Å². The van der Waals surface area contributed by atoms with Crippen molar-refractivity contribution in [3.05, 3.63) is 66.2 Å². The first-order valence-electron chi connectivity index (χ1n) is 10.6. The summed E-state index contributed by atoms with van der Waals surface area (Å²) in [5.41, 5.74) is 1.29. The second kappa shape index (κ2) is 9.29. The number of carbonyl (C=O) groups excluding carboxylic acids is 1. The maximum Gasteiger partial charge on any atom is 0.243 e. The van der Waals surface area contributed by atoms with E-state index in [1.54, 1.807) is 30.3 Å². The standard InChI is InChI=1S/C23H29N3O3S/c27-23(24-21-13-14-25(18-21)17-19-7-3-1-4-8-19)20-11-15-26(16-12-20)30(28,29)22-9-5-2-6-10-22/h1-10,20-21H,11-18H2,(H,24,27). The lowest BCUT2D eigenvalue weighted by atomic mass is 9.97. The number of rotatable bonds is 6. The fourth-order valence-electron chi connectivity index (χ4n) is 4.35. The van der Waals surface area contributed by atoms with Crippen LogP contribution in [0.5, 0.6) is 0 Å².